The van der Waals surface area contributed by atoms with Crippen LogP contribution in [0.1, 0.15) is 24.8 Å². The van der Waals surface area contributed by atoms with Crippen molar-refractivity contribution in [2.45, 2.75) is 37.8 Å². The minimum atomic E-state index is 0.197. The number of ether oxygens (including phenoxy) is 1. The molecule has 1 aliphatic heterocycles. The van der Waals surface area contributed by atoms with Crippen LogP contribution in [-0.2, 0) is 11.2 Å². The molecule has 2 unspecified atom stereocenters. The molecule has 1 aromatic rings. The molecule has 4 heteroatoms. The molecule has 0 spiro atoms. The fourth-order valence-corrected chi connectivity index (χ4v) is 2.15. The Morgan fingerprint density at radius 1 is 1.44 bits per heavy atom. The van der Waals surface area contributed by atoms with E-state index in [1.807, 2.05) is 24.5 Å². The van der Waals surface area contributed by atoms with Crippen molar-refractivity contribution < 1.29 is 4.74 Å². The van der Waals surface area contributed by atoms with Crippen LogP contribution in [0.15, 0.2) is 24.5 Å². The zero-order valence-electron chi connectivity index (χ0n) is 9.43. The SMILES string of the molecule is NNC(Cc1ccncc1)C1CCCCO1. The van der Waals surface area contributed by atoms with Crippen molar-refractivity contribution in [2.75, 3.05) is 6.61 Å². The van der Waals surface area contributed by atoms with Gasteiger partial charge in [0.1, 0.15) is 0 Å². The Labute approximate surface area is 96.2 Å². The fourth-order valence-electron chi connectivity index (χ4n) is 2.15. The predicted molar refractivity (Wildman–Crippen MR) is 62.6 cm³/mol. The largest absolute Gasteiger partial charge is 0.377 e. The van der Waals surface area contributed by atoms with Gasteiger partial charge in [0.15, 0.2) is 0 Å². The van der Waals surface area contributed by atoms with E-state index < -0.39 is 0 Å². The zero-order valence-corrected chi connectivity index (χ0v) is 9.43. The Bertz CT molecular complexity index is 298. The van der Waals surface area contributed by atoms with Gasteiger partial charge in [-0.15, -0.1) is 0 Å². The van der Waals surface area contributed by atoms with Crippen LogP contribution in [-0.4, -0.2) is 23.7 Å². The first kappa shape index (κ1) is 11.5. The minimum Gasteiger partial charge on any atom is -0.377 e. The van der Waals surface area contributed by atoms with E-state index in [1.54, 1.807) is 0 Å². The molecule has 2 atom stereocenters. The number of rotatable bonds is 4. The summed E-state index contributed by atoms with van der Waals surface area (Å²) in [6.07, 6.45) is 8.26. The Kier molecular flexibility index (Phi) is 4.27. The second-order valence-electron chi connectivity index (χ2n) is 4.24. The standard InChI is InChI=1S/C12H19N3O/c13-15-11(12-3-1-2-8-16-12)9-10-4-6-14-7-5-10/h4-7,11-12,15H,1-3,8-9,13H2. The van der Waals surface area contributed by atoms with Gasteiger partial charge >= 0.3 is 0 Å². The van der Waals surface area contributed by atoms with E-state index in [0.717, 1.165) is 19.4 Å². The molecular weight excluding hydrogens is 202 g/mol. The summed E-state index contributed by atoms with van der Waals surface area (Å²) in [5, 5.41) is 0. The third-order valence-corrected chi connectivity index (χ3v) is 3.08. The summed E-state index contributed by atoms with van der Waals surface area (Å²) in [4.78, 5) is 4.01. The number of nitrogens with zero attached hydrogens (tertiary/aromatic N) is 1. The summed E-state index contributed by atoms with van der Waals surface area (Å²) in [5.74, 6) is 5.61. The van der Waals surface area contributed by atoms with Crippen molar-refractivity contribution in [3.8, 4) is 0 Å². The molecule has 16 heavy (non-hydrogen) atoms. The highest BCUT2D eigenvalue weighted by atomic mass is 16.5. The lowest BCUT2D eigenvalue weighted by Crippen LogP contribution is -2.47. The second kappa shape index (κ2) is 5.94. The van der Waals surface area contributed by atoms with Gasteiger partial charge < -0.3 is 4.74 Å². The zero-order chi connectivity index (χ0) is 11.2. The Hall–Kier alpha value is -0.970. The van der Waals surface area contributed by atoms with Crippen LogP contribution in [0.4, 0.5) is 0 Å². The van der Waals surface area contributed by atoms with Gasteiger partial charge in [-0.3, -0.25) is 16.3 Å². The predicted octanol–water partition coefficient (Wildman–Crippen LogP) is 1.03. The highest BCUT2D eigenvalue weighted by Crippen LogP contribution is 2.18. The maximum Gasteiger partial charge on any atom is 0.0744 e. The van der Waals surface area contributed by atoms with E-state index in [0.29, 0.717) is 0 Å². The molecule has 2 heterocycles. The van der Waals surface area contributed by atoms with Gasteiger partial charge in [-0.05, 0) is 43.4 Å². The van der Waals surface area contributed by atoms with Crippen molar-refractivity contribution in [1.29, 1.82) is 0 Å². The molecular formula is C12H19N3O. The molecule has 1 aromatic heterocycles. The smallest absolute Gasteiger partial charge is 0.0744 e. The summed E-state index contributed by atoms with van der Waals surface area (Å²) >= 11 is 0. The first-order valence-corrected chi connectivity index (χ1v) is 5.87. The normalized spacial score (nSPS) is 22.9. The van der Waals surface area contributed by atoms with E-state index in [1.165, 1.54) is 18.4 Å². The Balaban J connectivity index is 1.94. The summed E-state index contributed by atoms with van der Waals surface area (Å²) in [6.45, 7) is 0.860. The van der Waals surface area contributed by atoms with Crippen LogP contribution in [0.2, 0.25) is 0 Å². The molecule has 0 amide bonds. The summed E-state index contributed by atoms with van der Waals surface area (Å²) < 4.78 is 5.75. The summed E-state index contributed by atoms with van der Waals surface area (Å²) in [6, 6.07) is 4.24. The third-order valence-electron chi connectivity index (χ3n) is 3.08. The van der Waals surface area contributed by atoms with Gasteiger partial charge in [-0.2, -0.15) is 0 Å². The van der Waals surface area contributed by atoms with Gasteiger partial charge in [0, 0.05) is 19.0 Å². The lowest BCUT2D eigenvalue weighted by atomic mass is 9.97. The molecule has 0 bridgehead atoms. The van der Waals surface area contributed by atoms with Crippen LogP contribution in [0, 0.1) is 0 Å². The third kappa shape index (κ3) is 3.01. The molecule has 4 nitrogen and oxygen atoms in total. The lowest BCUT2D eigenvalue weighted by Gasteiger charge is -2.30. The highest BCUT2D eigenvalue weighted by Gasteiger charge is 2.23. The van der Waals surface area contributed by atoms with Crippen LogP contribution >= 0.6 is 0 Å². The fraction of sp³-hybridized carbons (Fsp3) is 0.583. The summed E-state index contributed by atoms with van der Waals surface area (Å²) in [5.41, 5.74) is 4.12. The monoisotopic (exact) mass is 221 g/mol. The number of hydrogen-bond acceptors (Lipinski definition) is 4. The van der Waals surface area contributed by atoms with Crippen LogP contribution in [0.5, 0.6) is 0 Å². The van der Waals surface area contributed by atoms with Crippen molar-refractivity contribution in [2.24, 2.45) is 5.84 Å². The first-order valence-electron chi connectivity index (χ1n) is 5.87. The molecule has 2 rings (SSSR count). The van der Waals surface area contributed by atoms with Gasteiger partial charge in [-0.25, -0.2) is 0 Å². The molecule has 88 valence electrons. The number of hydrazine groups is 1. The van der Waals surface area contributed by atoms with Crippen LogP contribution in [0.25, 0.3) is 0 Å². The van der Waals surface area contributed by atoms with Crippen molar-refractivity contribution in [3.05, 3.63) is 30.1 Å². The van der Waals surface area contributed by atoms with E-state index in [4.69, 9.17) is 10.6 Å². The molecule has 0 aromatic carbocycles. The topological polar surface area (TPSA) is 60.2 Å². The molecule has 1 fully saturated rings. The van der Waals surface area contributed by atoms with E-state index in [9.17, 15) is 0 Å². The van der Waals surface area contributed by atoms with Crippen LogP contribution in [0.3, 0.4) is 0 Å². The highest BCUT2D eigenvalue weighted by molar-refractivity contribution is 5.11. The molecule has 0 saturated carbocycles. The van der Waals surface area contributed by atoms with Gasteiger partial charge in [0.25, 0.3) is 0 Å². The van der Waals surface area contributed by atoms with E-state index in [2.05, 4.69) is 10.4 Å². The van der Waals surface area contributed by atoms with Gasteiger partial charge in [-0.1, -0.05) is 0 Å². The van der Waals surface area contributed by atoms with Gasteiger partial charge in [0.05, 0.1) is 12.1 Å². The lowest BCUT2D eigenvalue weighted by molar-refractivity contribution is -0.00744. The number of aromatic nitrogens is 1. The van der Waals surface area contributed by atoms with Gasteiger partial charge in [0.2, 0.25) is 0 Å². The average Bonchev–Trinajstić information content (AvgIpc) is 2.38. The average molecular weight is 221 g/mol. The van der Waals surface area contributed by atoms with Crippen LogP contribution < -0.4 is 11.3 Å². The number of pyridine rings is 1. The van der Waals surface area contributed by atoms with E-state index >= 15 is 0 Å². The van der Waals surface area contributed by atoms with Crippen molar-refractivity contribution in [1.82, 2.24) is 10.4 Å². The van der Waals surface area contributed by atoms with E-state index in [-0.39, 0.29) is 12.1 Å². The maximum atomic E-state index is 5.75. The maximum absolute atomic E-state index is 5.75. The first-order chi connectivity index (χ1) is 7.90. The number of nitrogens with one attached hydrogen (secondary N) is 1. The molecule has 0 aliphatic carbocycles. The summed E-state index contributed by atoms with van der Waals surface area (Å²) in [7, 11) is 0. The Morgan fingerprint density at radius 3 is 2.88 bits per heavy atom. The molecule has 0 radical (unpaired) electrons. The van der Waals surface area contributed by atoms with Crippen molar-refractivity contribution in [3.63, 3.8) is 0 Å². The second-order valence-corrected chi connectivity index (χ2v) is 4.24. The quantitative estimate of drug-likeness (QED) is 0.589. The minimum absolute atomic E-state index is 0.197. The number of nitrogens with two attached hydrogens (primary N) is 1. The molecule has 3 N–H and O–H groups in total. The Morgan fingerprint density at radius 2 is 2.25 bits per heavy atom. The van der Waals surface area contributed by atoms with Crippen molar-refractivity contribution >= 4 is 0 Å². The molecule has 1 saturated heterocycles. The number of hydrogen-bond donors (Lipinski definition) is 2. The molecule has 1 aliphatic rings.